The fraction of sp³-hybridized carbons (Fsp3) is 0.300. The molecule has 152 valence electrons. The average molecular weight is 402 g/mol. The lowest BCUT2D eigenvalue weighted by Gasteiger charge is -2.27. The second kappa shape index (κ2) is 7.99. The first-order chi connectivity index (χ1) is 14.7. The molecule has 0 aromatic carbocycles. The van der Waals surface area contributed by atoms with Crippen LogP contribution in [-0.2, 0) is 0 Å². The fourth-order valence-electron chi connectivity index (χ4n) is 3.62. The van der Waals surface area contributed by atoms with Crippen LogP contribution in [0.15, 0.2) is 49.3 Å². The third-order valence-corrected chi connectivity index (χ3v) is 5.24. The zero-order chi connectivity index (χ0) is 20.3. The molecule has 0 unspecified atom stereocenters. The Bertz CT molecular complexity index is 1120. The lowest BCUT2D eigenvalue weighted by atomic mass is 9.92. The van der Waals surface area contributed by atoms with Gasteiger partial charge in [0.1, 0.15) is 5.82 Å². The summed E-state index contributed by atoms with van der Waals surface area (Å²) < 4.78 is 1.81. The number of nitrogens with one attached hydrogen (secondary N) is 2. The summed E-state index contributed by atoms with van der Waals surface area (Å²) in [7, 11) is 0. The number of anilines is 3. The van der Waals surface area contributed by atoms with Crippen molar-refractivity contribution in [3.63, 3.8) is 0 Å². The molecule has 1 fully saturated rings. The molecular weight excluding hydrogens is 380 g/mol. The topological polar surface area (TPSA) is 132 Å². The van der Waals surface area contributed by atoms with Crippen LogP contribution in [0.25, 0.3) is 16.9 Å². The van der Waals surface area contributed by atoms with Gasteiger partial charge in [0.2, 0.25) is 5.95 Å². The fourth-order valence-corrected chi connectivity index (χ4v) is 3.62. The number of nitrogens with zero attached hydrogens (tertiary/aromatic N) is 7. The molecule has 0 atom stereocenters. The molecule has 0 amide bonds. The van der Waals surface area contributed by atoms with Gasteiger partial charge in [0.25, 0.3) is 0 Å². The van der Waals surface area contributed by atoms with Gasteiger partial charge < -0.3 is 16.4 Å². The summed E-state index contributed by atoms with van der Waals surface area (Å²) in [5, 5.41) is 11.3. The minimum Gasteiger partial charge on any atom is -0.366 e. The van der Waals surface area contributed by atoms with E-state index in [4.69, 9.17) is 10.8 Å². The third-order valence-electron chi connectivity index (χ3n) is 5.24. The molecule has 10 heteroatoms. The van der Waals surface area contributed by atoms with Gasteiger partial charge in [-0.15, -0.1) is 5.10 Å². The maximum atomic E-state index is 6.01. The molecule has 0 saturated heterocycles. The summed E-state index contributed by atoms with van der Waals surface area (Å²) >= 11 is 0. The van der Waals surface area contributed by atoms with Crippen LogP contribution in [0.2, 0.25) is 0 Å². The van der Waals surface area contributed by atoms with Gasteiger partial charge in [-0.1, -0.05) is 0 Å². The number of rotatable bonds is 5. The SMILES string of the molecule is N[C@H]1CC[C@H](Nc2ccc3ncc(-c4cnc(Nc5cnccn5)nc4)n3n2)CC1. The van der Waals surface area contributed by atoms with E-state index in [1.54, 1.807) is 37.2 Å². The van der Waals surface area contributed by atoms with E-state index in [-0.39, 0.29) is 0 Å². The lowest BCUT2D eigenvalue weighted by molar-refractivity contribution is 0.410. The van der Waals surface area contributed by atoms with Gasteiger partial charge in [0, 0.05) is 42.4 Å². The second-order valence-electron chi connectivity index (χ2n) is 7.40. The van der Waals surface area contributed by atoms with E-state index in [0.717, 1.165) is 48.4 Å². The van der Waals surface area contributed by atoms with Crippen molar-refractivity contribution in [2.75, 3.05) is 10.6 Å². The maximum absolute atomic E-state index is 6.01. The highest BCUT2D eigenvalue weighted by atomic mass is 15.3. The molecule has 1 aliphatic carbocycles. The van der Waals surface area contributed by atoms with Crippen LogP contribution in [0.1, 0.15) is 25.7 Å². The first-order valence-corrected chi connectivity index (χ1v) is 9.97. The number of aromatic nitrogens is 7. The monoisotopic (exact) mass is 402 g/mol. The third kappa shape index (κ3) is 3.90. The molecule has 30 heavy (non-hydrogen) atoms. The highest BCUT2D eigenvalue weighted by Crippen LogP contribution is 2.23. The summed E-state index contributed by atoms with van der Waals surface area (Å²) in [6.07, 6.45) is 14.3. The number of hydrogen-bond donors (Lipinski definition) is 3. The Labute approximate surface area is 173 Å². The van der Waals surface area contributed by atoms with Gasteiger partial charge in [-0.05, 0) is 37.8 Å². The first kappa shape index (κ1) is 18.4. The molecule has 0 radical (unpaired) electrons. The smallest absolute Gasteiger partial charge is 0.228 e. The highest BCUT2D eigenvalue weighted by Gasteiger charge is 2.19. The molecule has 1 saturated carbocycles. The Kier molecular flexibility index (Phi) is 4.89. The number of fused-ring (bicyclic) bond motifs is 1. The Morgan fingerprint density at radius 3 is 2.47 bits per heavy atom. The molecule has 0 spiro atoms. The van der Waals surface area contributed by atoms with E-state index in [1.807, 2.05) is 16.6 Å². The Morgan fingerprint density at radius 1 is 0.867 bits per heavy atom. The molecule has 4 aromatic heterocycles. The van der Waals surface area contributed by atoms with Crippen molar-refractivity contribution in [3.05, 3.63) is 49.3 Å². The summed E-state index contributed by atoms with van der Waals surface area (Å²) in [5.41, 5.74) is 8.42. The van der Waals surface area contributed by atoms with Gasteiger partial charge in [-0.25, -0.2) is 24.5 Å². The molecule has 4 heterocycles. The molecule has 5 rings (SSSR count). The predicted molar refractivity (Wildman–Crippen MR) is 113 cm³/mol. The van der Waals surface area contributed by atoms with Crippen LogP contribution in [0.5, 0.6) is 0 Å². The standard InChI is InChI=1S/C20H22N10/c21-14-1-3-15(4-2-14)27-17-5-6-19-24-11-16(30(19)29-17)13-9-25-20(26-10-13)28-18-12-22-7-8-23-18/h5-12,14-15H,1-4,21H2,(H,27,29)(H,23,25,26,28)/t14-,15-. The van der Waals surface area contributed by atoms with Crippen LogP contribution >= 0.6 is 0 Å². The maximum Gasteiger partial charge on any atom is 0.228 e. The Balaban J connectivity index is 1.36. The lowest BCUT2D eigenvalue weighted by Crippen LogP contribution is -2.33. The van der Waals surface area contributed by atoms with Crippen LogP contribution in [0.4, 0.5) is 17.6 Å². The zero-order valence-corrected chi connectivity index (χ0v) is 16.3. The molecule has 4 aromatic rings. The summed E-state index contributed by atoms with van der Waals surface area (Å²) in [6.45, 7) is 0. The summed E-state index contributed by atoms with van der Waals surface area (Å²) in [6, 6.07) is 4.64. The highest BCUT2D eigenvalue weighted by molar-refractivity contribution is 5.63. The van der Waals surface area contributed by atoms with Crippen LogP contribution in [-0.4, -0.2) is 46.6 Å². The molecule has 4 N–H and O–H groups in total. The number of hydrogen-bond acceptors (Lipinski definition) is 9. The van der Waals surface area contributed by atoms with Gasteiger partial charge in [0.15, 0.2) is 11.5 Å². The van der Waals surface area contributed by atoms with E-state index in [9.17, 15) is 0 Å². The minimum atomic E-state index is 0.324. The van der Waals surface area contributed by atoms with Gasteiger partial charge in [-0.3, -0.25) is 4.98 Å². The van der Waals surface area contributed by atoms with E-state index < -0.39 is 0 Å². The van der Waals surface area contributed by atoms with Crippen molar-refractivity contribution in [3.8, 4) is 11.3 Å². The number of imidazole rings is 1. The van der Waals surface area contributed by atoms with Crippen molar-refractivity contribution in [2.24, 2.45) is 5.73 Å². The second-order valence-corrected chi connectivity index (χ2v) is 7.40. The van der Waals surface area contributed by atoms with Crippen molar-refractivity contribution in [1.82, 2.24) is 34.5 Å². The van der Waals surface area contributed by atoms with Crippen molar-refractivity contribution >= 4 is 23.2 Å². The molecule has 10 nitrogen and oxygen atoms in total. The summed E-state index contributed by atoms with van der Waals surface area (Å²) in [4.78, 5) is 21.4. The van der Waals surface area contributed by atoms with Crippen LogP contribution in [0.3, 0.4) is 0 Å². The van der Waals surface area contributed by atoms with Gasteiger partial charge in [-0.2, -0.15) is 0 Å². The minimum absolute atomic E-state index is 0.324. The molecule has 1 aliphatic rings. The summed E-state index contributed by atoms with van der Waals surface area (Å²) in [5.74, 6) is 1.85. The number of nitrogens with two attached hydrogens (primary N) is 1. The predicted octanol–water partition coefficient (Wildman–Crippen LogP) is 2.40. The van der Waals surface area contributed by atoms with Crippen molar-refractivity contribution in [1.29, 1.82) is 0 Å². The average Bonchev–Trinajstić information content (AvgIpc) is 3.20. The van der Waals surface area contributed by atoms with Gasteiger partial charge >= 0.3 is 0 Å². The quantitative estimate of drug-likeness (QED) is 0.460. The zero-order valence-electron chi connectivity index (χ0n) is 16.3. The van der Waals surface area contributed by atoms with Crippen molar-refractivity contribution < 1.29 is 0 Å². The molecule has 0 bridgehead atoms. The molecular formula is C20H22N10. The van der Waals surface area contributed by atoms with E-state index in [1.165, 1.54) is 0 Å². The van der Waals surface area contributed by atoms with Gasteiger partial charge in [0.05, 0.1) is 18.1 Å². The Hall–Kier alpha value is -3.66. The largest absolute Gasteiger partial charge is 0.366 e. The Morgan fingerprint density at radius 2 is 1.70 bits per heavy atom. The van der Waals surface area contributed by atoms with Crippen molar-refractivity contribution in [2.45, 2.75) is 37.8 Å². The molecule has 0 aliphatic heterocycles. The van der Waals surface area contributed by atoms with E-state index >= 15 is 0 Å². The van der Waals surface area contributed by atoms with Crippen LogP contribution in [0, 0.1) is 0 Å². The van der Waals surface area contributed by atoms with E-state index in [2.05, 4.69) is 35.6 Å². The normalized spacial score (nSPS) is 19.0. The van der Waals surface area contributed by atoms with E-state index in [0.29, 0.717) is 23.8 Å². The van der Waals surface area contributed by atoms with Crippen LogP contribution < -0.4 is 16.4 Å². The first-order valence-electron chi connectivity index (χ1n) is 9.97.